The van der Waals surface area contributed by atoms with Gasteiger partial charge in [-0.25, -0.2) is 5.84 Å². The number of nitrogens with two attached hydrogens (primary N) is 1. The van der Waals surface area contributed by atoms with Gasteiger partial charge in [-0.2, -0.15) is 0 Å². The molecule has 0 radical (unpaired) electrons. The second-order valence-electron chi connectivity index (χ2n) is 5.10. The average molecular weight is 257 g/mol. The van der Waals surface area contributed by atoms with Crippen LogP contribution in [0.25, 0.3) is 0 Å². The number of nitrogens with one attached hydrogen (secondary N) is 3. The lowest BCUT2D eigenvalue weighted by Crippen LogP contribution is -2.43. The number of carbonyl (C=O) groups is 1. The first-order valence-electron chi connectivity index (χ1n) is 6.47. The number of aliphatic imine (C=N–C) groups is 1. The van der Waals surface area contributed by atoms with Crippen LogP contribution in [-0.4, -0.2) is 31.5 Å². The predicted molar refractivity (Wildman–Crippen MR) is 74.9 cm³/mol. The van der Waals surface area contributed by atoms with Gasteiger partial charge in [0.05, 0.1) is 0 Å². The Bertz CT molecular complexity index is 263. The molecule has 0 fully saturated rings. The van der Waals surface area contributed by atoms with Crippen LogP contribution in [0, 0.1) is 11.8 Å². The van der Waals surface area contributed by atoms with Crippen molar-refractivity contribution in [1.82, 2.24) is 16.1 Å². The fraction of sp³-hybridized carbons (Fsp3) is 0.833. The first-order chi connectivity index (χ1) is 8.45. The van der Waals surface area contributed by atoms with Gasteiger partial charge in [-0.3, -0.25) is 15.2 Å². The molecule has 0 atom stereocenters. The van der Waals surface area contributed by atoms with Crippen LogP contribution in [0.3, 0.4) is 0 Å². The Morgan fingerprint density at radius 3 is 2.33 bits per heavy atom. The first-order valence-corrected chi connectivity index (χ1v) is 6.47. The van der Waals surface area contributed by atoms with E-state index in [0.29, 0.717) is 43.9 Å². The molecule has 0 spiro atoms. The average Bonchev–Trinajstić information content (AvgIpc) is 2.30. The number of carbonyl (C=O) groups excluding carboxylic acids is 1. The molecule has 0 saturated heterocycles. The molecule has 1 amide bonds. The van der Waals surface area contributed by atoms with E-state index >= 15 is 0 Å². The molecule has 0 aromatic carbocycles. The van der Waals surface area contributed by atoms with E-state index in [9.17, 15) is 4.79 Å². The van der Waals surface area contributed by atoms with Gasteiger partial charge in [-0.15, -0.1) is 0 Å². The Balaban J connectivity index is 3.79. The van der Waals surface area contributed by atoms with Crippen LogP contribution in [0.2, 0.25) is 0 Å². The molecule has 0 rings (SSSR count). The molecule has 6 heteroatoms. The molecule has 0 heterocycles. The minimum atomic E-state index is 0.0384. The SMILES string of the molecule is CC(C)CN=C(NN)NCCC(=O)NCC(C)C. The zero-order valence-electron chi connectivity index (χ0n) is 11.9. The second kappa shape index (κ2) is 9.70. The molecule has 5 N–H and O–H groups in total. The van der Waals surface area contributed by atoms with Crippen molar-refractivity contribution in [1.29, 1.82) is 0 Å². The third-order valence-electron chi connectivity index (χ3n) is 2.10. The summed E-state index contributed by atoms with van der Waals surface area (Å²) in [7, 11) is 0. The molecule has 0 bridgehead atoms. The van der Waals surface area contributed by atoms with Gasteiger partial charge < -0.3 is 10.6 Å². The maximum Gasteiger partial charge on any atom is 0.221 e. The molecule has 0 aromatic rings. The summed E-state index contributed by atoms with van der Waals surface area (Å²) in [6.07, 6.45) is 0.412. The zero-order valence-corrected chi connectivity index (χ0v) is 11.9. The molecule has 0 aliphatic rings. The zero-order chi connectivity index (χ0) is 14.0. The molecule has 0 aliphatic carbocycles. The Morgan fingerprint density at radius 2 is 1.83 bits per heavy atom. The van der Waals surface area contributed by atoms with Gasteiger partial charge in [0.25, 0.3) is 0 Å². The maximum atomic E-state index is 11.4. The lowest BCUT2D eigenvalue weighted by atomic mass is 10.2. The lowest BCUT2D eigenvalue weighted by Gasteiger charge is -2.11. The smallest absolute Gasteiger partial charge is 0.221 e. The van der Waals surface area contributed by atoms with E-state index in [-0.39, 0.29) is 5.91 Å². The van der Waals surface area contributed by atoms with E-state index in [4.69, 9.17) is 5.84 Å². The van der Waals surface area contributed by atoms with Gasteiger partial charge in [0.15, 0.2) is 0 Å². The Morgan fingerprint density at radius 1 is 1.17 bits per heavy atom. The first kappa shape index (κ1) is 16.7. The molecule has 0 aliphatic heterocycles. The number of hydrazine groups is 1. The van der Waals surface area contributed by atoms with E-state index in [1.54, 1.807) is 0 Å². The van der Waals surface area contributed by atoms with Gasteiger partial charge in [0, 0.05) is 26.1 Å². The van der Waals surface area contributed by atoms with Crippen LogP contribution < -0.4 is 21.9 Å². The van der Waals surface area contributed by atoms with Crippen molar-refractivity contribution in [3.63, 3.8) is 0 Å². The highest BCUT2D eigenvalue weighted by molar-refractivity contribution is 5.80. The fourth-order valence-electron chi connectivity index (χ4n) is 1.13. The van der Waals surface area contributed by atoms with Gasteiger partial charge in [-0.05, 0) is 11.8 Å². The van der Waals surface area contributed by atoms with E-state index in [1.165, 1.54) is 0 Å². The van der Waals surface area contributed by atoms with Gasteiger partial charge >= 0.3 is 0 Å². The number of rotatable bonds is 7. The van der Waals surface area contributed by atoms with Gasteiger partial charge in [0.1, 0.15) is 0 Å². The number of guanidine groups is 1. The van der Waals surface area contributed by atoms with Crippen molar-refractivity contribution in [2.45, 2.75) is 34.1 Å². The molecule has 0 unspecified atom stereocenters. The highest BCUT2D eigenvalue weighted by Gasteiger charge is 2.03. The summed E-state index contributed by atoms with van der Waals surface area (Å²) in [6, 6.07) is 0. The summed E-state index contributed by atoms with van der Waals surface area (Å²) in [5.41, 5.74) is 2.49. The molecular formula is C12H27N5O. The van der Waals surface area contributed by atoms with Crippen molar-refractivity contribution < 1.29 is 4.79 Å². The van der Waals surface area contributed by atoms with Crippen molar-refractivity contribution in [2.24, 2.45) is 22.7 Å². The van der Waals surface area contributed by atoms with Crippen LogP contribution in [-0.2, 0) is 4.79 Å². The molecular weight excluding hydrogens is 230 g/mol. The third-order valence-corrected chi connectivity index (χ3v) is 2.10. The summed E-state index contributed by atoms with van der Waals surface area (Å²) in [5, 5.41) is 5.85. The fourth-order valence-corrected chi connectivity index (χ4v) is 1.13. The summed E-state index contributed by atoms with van der Waals surface area (Å²) >= 11 is 0. The second-order valence-corrected chi connectivity index (χ2v) is 5.10. The molecule has 106 valence electrons. The lowest BCUT2D eigenvalue weighted by molar-refractivity contribution is -0.121. The highest BCUT2D eigenvalue weighted by atomic mass is 16.1. The van der Waals surface area contributed by atoms with Gasteiger partial charge in [-0.1, -0.05) is 27.7 Å². The van der Waals surface area contributed by atoms with E-state index in [2.05, 4.69) is 48.7 Å². The highest BCUT2D eigenvalue weighted by Crippen LogP contribution is 1.91. The van der Waals surface area contributed by atoms with Crippen LogP contribution in [0.5, 0.6) is 0 Å². The van der Waals surface area contributed by atoms with E-state index in [0.717, 1.165) is 0 Å². The van der Waals surface area contributed by atoms with Crippen LogP contribution >= 0.6 is 0 Å². The molecule has 6 nitrogen and oxygen atoms in total. The molecule has 18 heavy (non-hydrogen) atoms. The Labute approximate surface area is 110 Å². The standard InChI is InChI=1S/C12H27N5O/c1-9(2)7-15-11(18)5-6-14-12(17-13)16-8-10(3)4/h9-10H,5-8,13H2,1-4H3,(H,15,18)(H2,14,16,17). The van der Waals surface area contributed by atoms with Crippen molar-refractivity contribution in [3.8, 4) is 0 Å². The minimum absolute atomic E-state index is 0.0384. The quantitative estimate of drug-likeness (QED) is 0.227. The number of hydrogen-bond donors (Lipinski definition) is 4. The van der Waals surface area contributed by atoms with E-state index < -0.39 is 0 Å². The van der Waals surface area contributed by atoms with Crippen LogP contribution in [0.15, 0.2) is 4.99 Å². The van der Waals surface area contributed by atoms with Crippen molar-refractivity contribution in [2.75, 3.05) is 19.6 Å². The van der Waals surface area contributed by atoms with Crippen molar-refractivity contribution in [3.05, 3.63) is 0 Å². The maximum absolute atomic E-state index is 11.4. The van der Waals surface area contributed by atoms with Gasteiger partial charge in [0.2, 0.25) is 11.9 Å². The number of hydrogen-bond acceptors (Lipinski definition) is 3. The summed E-state index contributed by atoms with van der Waals surface area (Å²) in [5.74, 6) is 6.84. The molecule has 0 saturated carbocycles. The Kier molecular flexibility index (Phi) is 9.00. The number of nitrogens with zero attached hydrogens (tertiary/aromatic N) is 1. The summed E-state index contributed by atoms with van der Waals surface area (Å²) in [6.45, 7) is 10.2. The Hall–Kier alpha value is -1.30. The normalized spacial score (nSPS) is 11.8. The van der Waals surface area contributed by atoms with Crippen LogP contribution in [0.4, 0.5) is 0 Å². The largest absolute Gasteiger partial charge is 0.356 e. The number of amides is 1. The topological polar surface area (TPSA) is 91.5 Å². The summed E-state index contributed by atoms with van der Waals surface area (Å²) < 4.78 is 0. The molecule has 0 aromatic heterocycles. The minimum Gasteiger partial charge on any atom is -0.356 e. The monoisotopic (exact) mass is 257 g/mol. The predicted octanol–water partition coefficient (Wildman–Crippen LogP) is 0.214. The van der Waals surface area contributed by atoms with Crippen molar-refractivity contribution >= 4 is 11.9 Å². The van der Waals surface area contributed by atoms with Crippen LogP contribution in [0.1, 0.15) is 34.1 Å². The van der Waals surface area contributed by atoms with E-state index in [1.807, 2.05) is 0 Å². The summed E-state index contributed by atoms with van der Waals surface area (Å²) in [4.78, 5) is 15.7. The third kappa shape index (κ3) is 9.89.